The number of nitrogens with one attached hydrogen (secondary N) is 1. The van der Waals surface area contributed by atoms with Crippen LogP contribution in [0.2, 0.25) is 5.02 Å². The van der Waals surface area contributed by atoms with E-state index >= 15 is 0 Å². The van der Waals surface area contributed by atoms with Gasteiger partial charge >= 0.3 is 6.09 Å². The number of likely N-dealkylation sites (tertiary alicyclic amines) is 1. The molecule has 0 spiro atoms. The number of nitrogens with two attached hydrogens (primary N) is 1. The number of nitrogens with zero attached hydrogens (tertiary/aromatic N) is 5. The van der Waals surface area contributed by atoms with Crippen LogP contribution in [-0.4, -0.2) is 57.4 Å². The molecule has 1 saturated heterocycles. The van der Waals surface area contributed by atoms with E-state index in [0.717, 1.165) is 17.5 Å². The molecule has 1 amide bonds. The van der Waals surface area contributed by atoms with Gasteiger partial charge < -0.3 is 15.7 Å². The van der Waals surface area contributed by atoms with Gasteiger partial charge in [-0.1, -0.05) is 48.0 Å². The average Bonchev–Trinajstić information content (AvgIpc) is 3.29. The van der Waals surface area contributed by atoms with Crippen LogP contribution in [0.5, 0.6) is 0 Å². The average molecular weight is 542 g/mol. The molecule has 3 heterocycles. The molecule has 1 aliphatic heterocycles. The van der Waals surface area contributed by atoms with Gasteiger partial charge in [-0.25, -0.2) is 32.6 Å². The van der Waals surface area contributed by atoms with Gasteiger partial charge in [-0.2, -0.15) is 5.10 Å². The lowest BCUT2D eigenvalue weighted by molar-refractivity contribution is 0.120. The number of fused-ring (bicyclic) bond motifs is 1. The molecule has 1 aliphatic rings. The van der Waals surface area contributed by atoms with E-state index in [1.165, 1.54) is 23.4 Å². The third-order valence-corrected chi connectivity index (χ3v) is 8.25. The van der Waals surface area contributed by atoms with E-state index < -0.39 is 16.1 Å². The molecule has 0 bridgehead atoms. The van der Waals surface area contributed by atoms with Gasteiger partial charge in [-0.15, -0.1) is 0 Å². The smallest absolute Gasteiger partial charge is 0.407 e. The lowest BCUT2D eigenvalue weighted by Crippen LogP contribution is -2.40. The van der Waals surface area contributed by atoms with E-state index in [9.17, 15) is 18.3 Å². The number of anilines is 1. The topological polar surface area (TPSA) is 156 Å². The number of carbonyl (C=O) groups is 1. The molecule has 1 fully saturated rings. The molecular formula is C24H24ClN7O4S. The first kappa shape index (κ1) is 24.9. The Bertz CT molecular complexity index is 1570. The van der Waals surface area contributed by atoms with E-state index in [1.807, 2.05) is 12.1 Å². The number of carboxylic acid groups (broad SMARTS) is 1. The number of nitrogen functional groups attached to an aromatic ring is 1. The maximum atomic E-state index is 12.6. The SMILES string of the molecule is Nc1ncnc2c1c(-c1ccc(CNS(=O)(=O)c3ccccc3Cl)cc1)nn2C1CCCN(C(=O)O)C1. The number of benzene rings is 2. The molecule has 2 aromatic carbocycles. The molecular weight excluding hydrogens is 518 g/mol. The largest absolute Gasteiger partial charge is 0.465 e. The second kappa shape index (κ2) is 9.96. The number of rotatable bonds is 6. The molecule has 37 heavy (non-hydrogen) atoms. The lowest BCUT2D eigenvalue weighted by Gasteiger charge is -2.30. The molecule has 4 N–H and O–H groups in total. The first-order valence-corrected chi connectivity index (χ1v) is 13.4. The standard InChI is InChI=1S/C24H24ClN7O4S/c25-18-5-1-2-6-19(18)37(35,36)29-12-15-7-9-16(10-8-15)21-20-22(26)27-14-28-23(20)32(30-21)17-4-3-11-31(13-17)24(33)34/h1-2,5-10,14,17,29H,3-4,11-13H2,(H,33,34)(H2,26,27,28). The summed E-state index contributed by atoms with van der Waals surface area (Å²) >= 11 is 6.04. The van der Waals surface area contributed by atoms with Crippen LogP contribution in [0.15, 0.2) is 59.8 Å². The highest BCUT2D eigenvalue weighted by Crippen LogP contribution is 2.34. The van der Waals surface area contributed by atoms with Crippen LogP contribution < -0.4 is 10.5 Å². The van der Waals surface area contributed by atoms with Gasteiger partial charge in [0.25, 0.3) is 0 Å². The Labute approximate surface area is 217 Å². The number of piperidine rings is 1. The highest BCUT2D eigenvalue weighted by molar-refractivity contribution is 7.89. The number of halogens is 1. The van der Waals surface area contributed by atoms with Crippen molar-refractivity contribution in [2.45, 2.75) is 30.3 Å². The van der Waals surface area contributed by atoms with E-state index in [0.29, 0.717) is 36.2 Å². The molecule has 0 aliphatic carbocycles. The quantitative estimate of drug-likeness (QED) is 0.334. The molecule has 2 aromatic heterocycles. The lowest BCUT2D eigenvalue weighted by atomic mass is 10.1. The normalized spacial score (nSPS) is 16.2. The fraction of sp³-hybridized carbons (Fsp3) is 0.250. The summed E-state index contributed by atoms with van der Waals surface area (Å²) in [5, 5.41) is 15.0. The second-order valence-corrected chi connectivity index (χ2v) is 10.9. The summed E-state index contributed by atoms with van der Waals surface area (Å²) in [5.74, 6) is 0.272. The number of sulfonamides is 1. The van der Waals surface area contributed by atoms with Gasteiger partial charge in [0.1, 0.15) is 22.7 Å². The Hall–Kier alpha value is -3.74. The van der Waals surface area contributed by atoms with Gasteiger partial charge in [0.15, 0.2) is 5.65 Å². The third-order valence-electron chi connectivity index (χ3n) is 6.35. The molecule has 0 radical (unpaired) electrons. The number of hydrogen-bond donors (Lipinski definition) is 3. The van der Waals surface area contributed by atoms with Crippen LogP contribution in [-0.2, 0) is 16.6 Å². The molecule has 192 valence electrons. The van der Waals surface area contributed by atoms with Crippen LogP contribution in [0.25, 0.3) is 22.3 Å². The zero-order valence-corrected chi connectivity index (χ0v) is 21.2. The summed E-state index contributed by atoms with van der Waals surface area (Å²) in [6.45, 7) is 0.859. The van der Waals surface area contributed by atoms with E-state index in [2.05, 4.69) is 14.7 Å². The van der Waals surface area contributed by atoms with Gasteiger partial charge in [0.05, 0.1) is 16.5 Å². The van der Waals surface area contributed by atoms with Gasteiger partial charge in [-0.3, -0.25) is 0 Å². The van der Waals surface area contributed by atoms with E-state index in [-0.39, 0.29) is 28.3 Å². The van der Waals surface area contributed by atoms with Crippen molar-refractivity contribution >= 4 is 44.6 Å². The monoisotopic (exact) mass is 541 g/mol. The summed E-state index contributed by atoms with van der Waals surface area (Å²) in [6, 6.07) is 13.3. The van der Waals surface area contributed by atoms with Gasteiger partial charge in [0, 0.05) is 25.2 Å². The van der Waals surface area contributed by atoms with Crippen LogP contribution in [0, 0.1) is 0 Å². The Balaban J connectivity index is 1.42. The van der Waals surface area contributed by atoms with Crippen LogP contribution in [0.3, 0.4) is 0 Å². The second-order valence-electron chi connectivity index (χ2n) is 8.73. The highest BCUT2D eigenvalue weighted by Gasteiger charge is 2.28. The minimum Gasteiger partial charge on any atom is -0.465 e. The minimum atomic E-state index is -3.78. The first-order chi connectivity index (χ1) is 17.7. The van der Waals surface area contributed by atoms with E-state index in [4.69, 9.17) is 22.4 Å². The third kappa shape index (κ3) is 4.95. The van der Waals surface area contributed by atoms with Crippen molar-refractivity contribution in [3.63, 3.8) is 0 Å². The number of aromatic nitrogens is 4. The Morgan fingerprint density at radius 1 is 1.16 bits per heavy atom. The summed E-state index contributed by atoms with van der Waals surface area (Å²) in [4.78, 5) is 21.4. The predicted molar refractivity (Wildman–Crippen MR) is 139 cm³/mol. The van der Waals surface area contributed by atoms with Crippen molar-refractivity contribution in [3.05, 3.63) is 65.4 Å². The predicted octanol–water partition coefficient (Wildman–Crippen LogP) is 3.52. The van der Waals surface area contributed by atoms with Crippen molar-refractivity contribution in [1.82, 2.24) is 29.4 Å². The number of amides is 1. The molecule has 1 unspecified atom stereocenters. The van der Waals surface area contributed by atoms with Crippen LogP contribution in [0.1, 0.15) is 24.4 Å². The first-order valence-electron chi connectivity index (χ1n) is 11.5. The fourth-order valence-electron chi connectivity index (χ4n) is 4.48. The van der Waals surface area contributed by atoms with Crippen LogP contribution >= 0.6 is 11.6 Å². The zero-order chi connectivity index (χ0) is 26.2. The van der Waals surface area contributed by atoms with Gasteiger partial charge in [-0.05, 0) is 30.5 Å². The molecule has 1 atom stereocenters. The molecule has 13 heteroatoms. The zero-order valence-electron chi connectivity index (χ0n) is 19.6. The minimum absolute atomic E-state index is 0.0185. The number of hydrogen-bond acceptors (Lipinski definition) is 7. The summed E-state index contributed by atoms with van der Waals surface area (Å²) in [5.41, 5.74) is 8.80. The molecule has 5 rings (SSSR count). The molecule has 11 nitrogen and oxygen atoms in total. The Kier molecular flexibility index (Phi) is 6.71. The van der Waals surface area contributed by atoms with Crippen molar-refractivity contribution in [2.24, 2.45) is 0 Å². The van der Waals surface area contributed by atoms with Crippen molar-refractivity contribution in [1.29, 1.82) is 0 Å². The summed E-state index contributed by atoms with van der Waals surface area (Å²) < 4.78 is 29.6. The van der Waals surface area contributed by atoms with Crippen molar-refractivity contribution < 1.29 is 18.3 Å². The highest BCUT2D eigenvalue weighted by atomic mass is 35.5. The van der Waals surface area contributed by atoms with Crippen molar-refractivity contribution in [3.8, 4) is 11.3 Å². The maximum absolute atomic E-state index is 12.6. The maximum Gasteiger partial charge on any atom is 0.407 e. The molecule has 4 aromatic rings. The molecule has 0 saturated carbocycles. The Morgan fingerprint density at radius 3 is 2.65 bits per heavy atom. The summed E-state index contributed by atoms with van der Waals surface area (Å²) in [6.07, 6.45) is 1.88. The Morgan fingerprint density at radius 2 is 1.92 bits per heavy atom. The van der Waals surface area contributed by atoms with Crippen molar-refractivity contribution in [2.75, 3.05) is 18.8 Å². The van der Waals surface area contributed by atoms with Crippen LogP contribution in [0.4, 0.5) is 10.6 Å². The van der Waals surface area contributed by atoms with E-state index in [1.54, 1.807) is 28.9 Å². The summed E-state index contributed by atoms with van der Waals surface area (Å²) in [7, 11) is -3.78. The van der Waals surface area contributed by atoms with Gasteiger partial charge in [0.2, 0.25) is 10.0 Å². The fourth-order valence-corrected chi connectivity index (χ4v) is 6.01.